The molecule has 0 spiro atoms. The number of ether oxygens (including phenoxy) is 1. The third-order valence-corrected chi connectivity index (χ3v) is 5.11. The van der Waals surface area contributed by atoms with Gasteiger partial charge in [-0.15, -0.1) is 0 Å². The van der Waals surface area contributed by atoms with Crippen molar-refractivity contribution >= 4 is 17.5 Å². The zero-order valence-corrected chi connectivity index (χ0v) is 17.2. The Morgan fingerprint density at radius 3 is 2.29 bits per heavy atom. The van der Waals surface area contributed by atoms with Crippen LogP contribution in [0.4, 0.5) is 11.6 Å². The number of nitrogens with zero attached hydrogens (tertiary/aromatic N) is 5. The van der Waals surface area contributed by atoms with E-state index in [4.69, 9.17) is 4.74 Å². The number of aromatic nitrogens is 2. The largest absolute Gasteiger partial charge is 0.497 e. The maximum absolute atomic E-state index is 13.0. The summed E-state index contributed by atoms with van der Waals surface area (Å²) in [4.78, 5) is 28.3. The number of rotatable bonds is 6. The highest BCUT2D eigenvalue weighted by Crippen LogP contribution is 2.21. The predicted octanol–water partition coefficient (Wildman–Crippen LogP) is 2.60. The topological polar surface area (TPSA) is 61.8 Å². The quantitative estimate of drug-likeness (QED) is 0.764. The van der Waals surface area contributed by atoms with Gasteiger partial charge in [-0.1, -0.05) is 0 Å². The van der Waals surface area contributed by atoms with Crippen molar-refractivity contribution in [1.29, 1.82) is 0 Å². The number of amides is 1. The van der Waals surface area contributed by atoms with Crippen molar-refractivity contribution in [2.45, 2.75) is 20.8 Å². The van der Waals surface area contributed by atoms with Crippen LogP contribution in [0.25, 0.3) is 0 Å². The Hall–Kier alpha value is -2.83. The fourth-order valence-corrected chi connectivity index (χ4v) is 3.43. The molecule has 3 rings (SSSR count). The van der Waals surface area contributed by atoms with Crippen molar-refractivity contribution in [3.05, 3.63) is 41.7 Å². The lowest BCUT2D eigenvalue weighted by Gasteiger charge is -2.36. The van der Waals surface area contributed by atoms with Gasteiger partial charge in [-0.05, 0) is 51.1 Å². The van der Waals surface area contributed by atoms with E-state index in [0.717, 1.165) is 43.3 Å². The lowest BCUT2D eigenvalue weighted by atomic mass is 10.2. The first kappa shape index (κ1) is 19.9. The molecule has 1 amide bonds. The molecule has 1 fully saturated rings. The molecule has 1 aromatic heterocycles. The normalized spacial score (nSPS) is 14.1. The third-order valence-electron chi connectivity index (χ3n) is 5.11. The first-order valence-electron chi connectivity index (χ1n) is 9.84. The smallest absolute Gasteiger partial charge is 0.272 e. The molecule has 7 nitrogen and oxygen atoms in total. The Bertz CT molecular complexity index is 797. The molecule has 0 saturated carbocycles. The van der Waals surface area contributed by atoms with Crippen LogP contribution >= 0.6 is 0 Å². The first-order valence-corrected chi connectivity index (χ1v) is 9.84. The van der Waals surface area contributed by atoms with E-state index in [1.54, 1.807) is 13.2 Å². The van der Waals surface area contributed by atoms with Gasteiger partial charge in [0.2, 0.25) is 5.95 Å². The van der Waals surface area contributed by atoms with E-state index in [9.17, 15) is 4.79 Å². The monoisotopic (exact) mass is 383 g/mol. The number of carbonyl (C=O) groups excluding carboxylic acids is 1. The van der Waals surface area contributed by atoms with E-state index in [2.05, 4.69) is 45.7 Å². The highest BCUT2D eigenvalue weighted by Gasteiger charge is 2.24. The van der Waals surface area contributed by atoms with Gasteiger partial charge in [-0.2, -0.15) is 0 Å². The predicted molar refractivity (Wildman–Crippen MR) is 111 cm³/mol. The maximum Gasteiger partial charge on any atom is 0.272 e. The van der Waals surface area contributed by atoms with E-state index < -0.39 is 0 Å². The second kappa shape index (κ2) is 8.91. The number of piperazine rings is 1. The molecule has 7 heteroatoms. The van der Waals surface area contributed by atoms with Crippen LogP contribution in [0.1, 0.15) is 30.0 Å². The van der Waals surface area contributed by atoms with Gasteiger partial charge < -0.3 is 19.4 Å². The van der Waals surface area contributed by atoms with Crippen LogP contribution < -0.4 is 14.5 Å². The van der Waals surface area contributed by atoms with Crippen LogP contribution in [0.5, 0.6) is 5.75 Å². The number of carbonyl (C=O) groups is 1. The molecule has 2 heterocycles. The van der Waals surface area contributed by atoms with E-state index in [1.807, 2.05) is 24.0 Å². The van der Waals surface area contributed by atoms with Crippen molar-refractivity contribution in [3.63, 3.8) is 0 Å². The summed E-state index contributed by atoms with van der Waals surface area (Å²) < 4.78 is 5.22. The number of hydrogen-bond acceptors (Lipinski definition) is 6. The fourth-order valence-electron chi connectivity index (χ4n) is 3.43. The van der Waals surface area contributed by atoms with Crippen molar-refractivity contribution in [3.8, 4) is 5.75 Å². The summed E-state index contributed by atoms with van der Waals surface area (Å²) in [6.45, 7) is 10.6. The van der Waals surface area contributed by atoms with Gasteiger partial charge in [0, 0.05) is 50.6 Å². The Morgan fingerprint density at radius 2 is 1.71 bits per heavy atom. The molecule has 1 saturated heterocycles. The number of aryl methyl sites for hydroxylation is 1. The van der Waals surface area contributed by atoms with E-state index in [1.165, 1.54) is 0 Å². The van der Waals surface area contributed by atoms with Gasteiger partial charge in [-0.25, -0.2) is 9.97 Å². The van der Waals surface area contributed by atoms with Gasteiger partial charge in [0.1, 0.15) is 11.4 Å². The third kappa shape index (κ3) is 4.35. The standard InChI is InChI=1S/C21H29N5O2/c1-5-24(6-2)21-22-16(3)15-19(23-21)20(27)26-13-11-25(12-14-26)17-7-9-18(28-4)10-8-17/h7-10,15H,5-6,11-14H2,1-4H3. The average molecular weight is 383 g/mol. The summed E-state index contributed by atoms with van der Waals surface area (Å²) in [5.41, 5.74) is 2.44. The van der Waals surface area contributed by atoms with Gasteiger partial charge in [0.15, 0.2) is 0 Å². The minimum atomic E-state index is -0.0201. The zero-order chi connectivity index (χ0) is 20.1. The van der Waals surface area contributed by atoms with Crippen LogP contribution in [0.2, 0.25) is 0 Å². The molecule has 0 radical (unpaired) electrons. The lowest BCUT2D eigenvalue weighted by molar-refractivity contribution is 0.0740. The van der Waals surface area contributed by atoms with Crippen molar-refractivity contribution in [1.82, 2.24) is 14.9 Å². The molecule has 0 aliphatic carbocycles. The fraction of sp³-hybridized carbons (Fsp3) is 0.476. The molecule has 0 bridgehead atoms. The molecule has 2 aromatic rings. The van der Waals surface area contributed by atoms with Crippen molar-refractivity contribution in [2.75, 3.05) is 56.2 Å². The molecule has 0 atom stereocenters. The Kier molecular flexibility index (Phi) is 6.34. The zero-order valence-electron chi connectivity index (χ0n) is 17.2. The van der Waals surface area contributed by atoms with E-state index >= 15 is 0 Å². The molecule has 1 aromatic carbocycles. The summed E-state index contributed by atoms with van der Waals surface area (Å²) in [6.07, 6.45) is 0. The molecule has 1 aliphatic rings. The van der Waals surface area contributed by atoms with Crippen LogP contribution in [0, 0.1) is 6.92 Å². The summed E-state index contributed by atoms with van der Waals surface area (Å²) in [7, 11) is 1.67. The van der Waals surface area contributed by atoms with Crippen molar-refractivity contribution < 1.29 is 9.53 Å². The average Bonchev–Trinajstić information content (AvgIpc) is 2.74. The van der Waals surface area contributed by atoms with Gasteiger partial charge in [0.25, 0.3) is 5.91 Å². The maximum atomic E-state index is 13.0. The molecule has 1 aliphatic heterocycles. The minimum Gasteiger partial charge on any atom is -0.497 e. The Labute approximate surface area is 166 Å². The second-order valence-electron chi connectivity index (χ2n) is 6.84. The van der Waals surface area contributed by atoms with Gasteiger partial charge in [0.05, 0.1) is 7.11 Å². The highest BCUT2D eigenvalue weighted by atomic mass is 16.5. The molecule has 0 N–H and O–H groups in total. The summed E-state index contributed by atoms with van der Waals surface area (Å²) in [6, 6.07) is 9.82. The molecular formula is C21H29N5O2. The number of methoxy groups -OCH3 is 1. The first-order chi connectivity index (χ1) is 13.5. The highest BCUT2D eigenvalue weighted by molar-refractivity contribution is 5.93. The SMILES string of the molecule is CCN(CC)c1nc(C)cc(C(=O)N2CCN(c3ccc(OC)cc3)CC2)n1. The van der Waals surface area contributed by atoms with E-state index in [0.29, 0.717) is 24.7 Å². The number of benzene rings is 1. The molecule has 0 unspecified atom stereocenters. The number of hydrogen-bond donors (Lipinski definition) is 0. The van der Waals surface area contributed by atoms with Crippen LogP contribution in [0.15, 0.2) is 30.3 Å². The molecule has 28 heavy (non-hydrogen) atoms. The van der Waals surface area contributed by atoms with E-state index in [-0.39, 0.29) is 5.91 Å². The van der Waals surface area contributed by atoms with Crippen molar-refractivity contribution in [2.24, 2.45) is 0 Å². The van der Waals surface area contributed by atoms with Gasteiger partial charge >= 0.3 is 0 Å². The van der Waals surface area contributed by atoms with Crippen LogP contribution in [-0.2, 0) is 0 Å². The van der Waals surface area contributed by atoms with Crippen LogP contribution in [0.3, 0.4) is 0 Å². The van der Waals surface area contributed by atoms with Gasteiger partial charge in [-0.3, -0.25) is 4.79 Å². The second-order valence-corrected chi connectivity index (χ2v) is 6.84. The summed E-state index contributed by atoms with van der Waals surface area (Å²) >= 11 is 0. The Morgan fingerprint density at radius 1 is 1.07 bits per heavy atom. The minimum absolute atomic E-state index is 0.0201. The molecule has 150 valence electrons. The summed E-state index contributed by atoms with van der Waals surface area (Å²) in [5.74, 6) is 1.46. The van der Waals surface area contributed by atoms with Crippen LogP contribution in [-0.4, -0.2) is 67.2 Å². The number of anilines is 2. The molecular weight excluding hydrogens is 354 g/mol. The Balaban J connectivity index is 1.68. The summed E-state index contributed by atoms with van der Waals surface area (Å²) in [5, 5.41) is 0. The lowest BCUT2D eigenvalue weighted by Crippen LogP contribution is -2.49.